The summed E-state index contributed by atoms with van der Waals surface area (Å²) in [6.07, 6.45) is 1.51. The average Bonchev–Trinajstić information content (AvgIpc) is 2.44. The third-order valence-electron chi connectivity index (χ3n) is 3.93. The first-order chi connectivity index (χ1) is 9.46. The third kappa shape index (κ3) is 3.93. The van der Waals surface area contributed by atoms with Gasteiger partial charge >= 0.3 is 0 Å². The normalized spacial score (nSPS) is 17.6. The monoisotopic (exact) mass is 285 g/mol. The van der Waals surface area contributed by atoms with Crippen LogP contribution in [0.25, 0.3) is 0 Å². The molecular formula is C14H27N3O3. The fourth-order valence-electron chi connectivity index (χ4n) is 2.57. The lowest BCUT2D eigenvalue weighted by Gasteiger charge is -2.39. The Morgan fingerprint density at radius 1 is 1.25 bits per heavy atom. The van der Waals surface area contributed by atoms with Crippen molar-refractivity contribution in [2.75, 3.05) is 54.0 Å². The van der Waals surface area contributed by atoms with Crippen LogP contribution in [0.1, 0.15) is 19.8 Å². The smallest absolute Gasteiger partial charge is 0.241 e. The maximum atomic E-state index is 12.8. The van der Waals surface area contributed by atoms with Crippen molar-refractivity contribution in [3.8, 4) is 0 Å². The number of nitrogens with one attached hydrogen (secondary N) is 1. The number of carbonyl (C=O) groups is 2. The number of likely N-dealkylation sites (N-methyl/N-ethyl adjacent to an activating group) is 2. The molecule has 1 rings (SSSR count). The summed E-state index contributed by atoms with van der Waals surface area (Å²) in [6, 6.07) is 0. The second-order valence-corrected chi connectivity index (χ2v) is 5.57. The number of piperidine rings is 1. The molecule has 0 saturated carbocycles. The van der Waals surface area contributed by atoms with Crippen molar-refractivity contribution >= 4 is 11.8 Å². The molecule has 0 aromatic rings. The molecule has 1 aliphatic heterocycles. The number of nitrogens with zero attached hydrogens (tertiary/aromatic N) is 2. The Hall–Kier alpha value is -1.14. The molecule has 0 radical (unpaired) electrons. The van der Waals surface area contributed by atoms with Gasteiger partial charge in [-0.05, 0) is 32.9 Å². The van der Waals surface area contributed by atoms with Gasteiger partial charge in [0.2, 0.25) is 11.8 Å². The molecule has 1 N–H and O–H groups in total. The Balaban J connectivity index is 2.82. The molecule has 1 saturated heterocycles. The van der Waals surface area contributed by atoms with E-state index in [4.69, 9.17) is 4.74 Å². The minimum absolute atomic E-state index is 0.0403. The number of rotatable bonds is 6. The van der Waals surface area contributed by atoms with Crippen molar-refractivity contribution in [1.82, 2.24) is 15.1 Å². The molecule has 0 aliphatic carbocycles. The highest BCUT2D eigenvalue weighted by Crippen LogP contribution is 2.31. The number of hydrogen-bond acceptors (Lipinski definition) is 4. The highest BCUT2D eigenvalue weighted by atomic mass is 16.5. The van der Waals surface area contributed by atoms with E-state index in [-0.39, 0.29) is 18.4 Å². The van der Waals surface area contributed by atoms with Gasteiger partial charge in [-0.15, -0.1) is 0 Å². The van der Waals surface area contributed by atoms with Crippen LogP contribution in [0.2, 0.25) is 0 Å². The van der Waals surface area contributed by atoms with E-state index in [0.29, 0.717) is 13.2 Å². The molecule has 116 valence electrons. The average molecular weight is 285 g/mol. The first-order valence-corrected chi connectivity index (χ1v) is 7.16. The predicted molar refractivity (Wildman–Crippen MR) is 77.4 cm³/mol. The van der Waals surface area contributed by atoms with E-state index in [1.54, 1.807) is 26.1 Å². The fourth-order valence-corrected chi connectivity index (χ4v) is 2.57. The van der Waals surface area contributed by atoms with Crippen LogP contribution in [0, 0.1) is 5.41 Å². The van der Waals surface area contributed by atoms with Gasteiger partial charge in [-0.3, -0.25) is 9.59 Å². The minimum Gasteiger partial charge on any atom is -0.384 e. The second-order valence-electron chi connectivity index (χ2n) is 5.57. The van der Waals surface area contributed by atoms with Crippen molar-refractivity contribution in [2.45, 2.75) is 19.8 Å². The number of hydrogen-bond donors (Lipinski definition) is 1. The first kappa shape index (κ1) is 16.9. The van der Waals surface area contributed by atoms with Crippen LogP contribution in [0.5, 0.6) is 0 Å². The molecule has 20 heavy (non-hydrogen) atoms. The summed E-state index contributed by atoms with van der Waals surface area (Å²) in [6.45, 7) is 4.63. The number of ether oxygens (including phenoxy) is 1. The summed E-state index contributed by atoms with van der Waals surface area (Å²) < 4.78 is 5.28. The first-order valence-electron chi connectivity index (χ1n) is 7.16. The van der Waals surface area contributed by atoms with Crippen LogP contribution in [0.15, 0.2) is 0 Å². The standard InChI is InChI=1S/C14H27N3O3/c1-5-17(10-12(18)16(2)3)13(19)14(11-20-4)6-8-15-9-7-14/h15H,5-11H2,1-4H3. The maximum Gasteiger partial charge on any atom is 0.241 e. The summed E-state index contributed by atoms with van der Waals surface area (Å²) in [5.74, 6) is -0.0137. The molecule has 6 nitrogen and oxygen atoms in total. The van der Waals surface area contributed by atoms with Gasteiger partial charge in [0, 0.05) is 27.7 Å². The van der Waals surface area contributed by atoms with Gasteiger partial charge in [-0.1, -0.05) is 0 Å². The van der Waals surface area contributed by atoms with Crippen LogP contribution in [-0.2, 0) is 14.3 Å². The largest absolute Gasteiger partial charge is 0.384 e. The van der Waals surface area contributed by atoms with Gasteiger partial charge in [-0.25, -0.2) is 0 Å². The lowest BCUT2D eigenvalue weighted by molar-refractivity contribution is -0.151. The summed E-state index contributed by atoms with van der Waals surface area (Å²) in [4.78, 5) is 27.9. The van der Waals surface area contributed by atoms with E-state index < -0.39 is 5.41 Å². The molecule has 0 bridgehead atoms. The highest BCUT2D eigenvalue weighted by molar-refractivity contribution is 5.88. The Morgan fingerprint density at radius 3 is 2.30 bits per heavy atom. The highest BCUT2D eigenvalue weighted by Gasteiger charge is 2.42. The summed E-state index contributed by atoms with van der Waals surface area (Å²) >= 11 is 0. The van der Waals surface area contributed by atoms with Crippen LogP contribution >= 0.6 is 0 Å². The Kier molecular flexibility index (Phi) is 6.42. The number of carbonyl (C=O) groups excluding carboxylic acids is 2. The van der Waals surface area contributed by atoms with E-state index in [9.17, 15) is 9.59 Å². The lowest BCUT2D eigenvalue weighted by atomic mass is 9.78. The Bertz CT molecular complexity index is 333. The number of methoxy groups -OCH3 is 1. The molecule has 1 aliphatic rings. The third-order valence-corrected chi connectivity index (χ3v) is 3.93. The summed E-state index contributed by atoms with van der Waals surface area (Å²) in [7, 11) is 5.03. The van der Waals surface area contributed by atoms with Crippen LogP contribution < -0.4 is 5.32 Å². The molecule has 0 aromatic carbocycles. The maximum absolute atomic E-state index is 12.8. The molecule has 0 spiro atoms. The SMILES string of the molecule is CCN(CC(=O)N(C)C)C(=O)C1(COC)CCNCC1. The van der Waals surface area contributed by atoms with Crippen molar-refractivity contribution in [3.05, 3.63) is 0 Å². The molecule has 1 heterocycles. The van der Waals surface area contributed by atoms with Crippen molar-refractivity contribution in [1.29, 1.82) is 0 Å². The molecular weight excluding hydrogens is 258 g/mol. The van der Waals surface area contributed by atoms with E-state index in [2.05, 4.69) is 5.32 Å². The Morgan fingerprint density at radius 2 is 1.85 bits per heavy atom. The van der Waals surface area contributed by atoms with Gasteiger partial charge < -0.3 is 19.9 Å². The zero-order valence-electron chi connectivity index (χ0n) is 13.1. The van der Waals surface area contributed by atoms with Crippen LogP contribution in [0.3, 0.4) is 0 Å². The molecule has 0 unspecified atom stereocenters. The van der Waals surface area contributed by atoms with Crippen molar-refractivity contribution in [2.24, 2.45) is 5.41 Å². The molecule has 1 fully saturated rings. The molecule has 6 heteroatoms. The van der Waals surface area contributed by atoms with Crippen molar-refractivity contribution < 1.29 is 14.3 Å². The zero-order valence-corrected chi connectivity index (χ0v) is 13.1. The Labute approximate surface area is 121 Å². The van der Waals surface area contributed by atoms with Crippen LogP contribution in [-0.4, -0.2) is 75.6 Å². The van der Waals surface area contributed by atoms with Gasteiger partial charge in [0.15, 0.2) is 0 Å². The minimum atomic E-state index is -0.484. The molecule has 0 aromatic heterocycles. The number of amides is 2. The molecule has 2 amide bonds. The van der Waals surface area contributed by atoms with Crippen molar-refractivity contribution in [3.63, 3.8) is 0 Å². The molecule has 0 atom stereocenters. The van der Waals surface area contributed by atoms with Gasteiger partial charge in [0.1, 0.15) is 0 Å². The zero-order chi connectivity index (χ0) is 15.2. The topological polar surface area (TPSA) is 61.9 Å². The fraction of sp³-hybridized carbons (Fsp3) is 0.857. The second kappa shape index (κ2) is 7.59. The summed E-state index contributed by atoms with van der Waals surface area (Å²) in [5, 5.41) is 3.27. The van der Waals surface area contributed by atoms with Gasteiger partial charge in [-0.2, -0.15) is 0 Å². The van der Waals surface area contributed by atoms with Gasteiger partial charge in [0.25, 0.3) is 0 Å². The van der Waals surface area contributed by atoms with E-state index in [1.165, 1.54) is 4.90 Å². The predicted octanol–water partition coefficient (Wildman–Crippen LogP) is -0.0607. The van der Waals surface area contributed by atoms with Gasteiger partial charge in [0.05, 0.1) is 18.6 Å². The quantitative estimate of drug-likeness (QED) is 0.743. The van der Waals surface area contributed by atoms with Crippen LogP contribution in [0.4, 0.5) is 0 Å². The summed E-state index contributed by atoms with van der Waals surface area (Å²) in [5.41, 5.74) is -0.484. The lowest BCUT2D eigenvalue weighted by Crippen LogP contribution is -2.53. The van der Waals surface area contributed by atoms with E-state index in [0.717, 1.165) is 25.9 Å². The van der Waals surface area contributed by atoms with E-state index in [1.807, 2.05) is 6.92 Å². The van der Waals surface area contributed by atoms with E-state index >= 15 is 0 Å².